The number of aliphatic hydroxyl groups excluding tert-OH is 1. The molecule has 0 aliphatic carbocycles. The average molecular weight is 290 g/mol. The van der Waals surface area contributed by atoms with E-state index in [1.54, 1.807) is 6.92 Å². The fraction of sp³-hybridized carbons (Fsp3) is 0.538. The zero-order valence-electron chi connectivity index (χ0n) is 10.9. The number of ether oxygens (including phenoxy) is 1. The highest BCUT2D eigenvalue weighted by molar-refractivity contribution is 7.91. The van der Waals surface area contributed by atoms with Crippen molar-refractivity contribution < 1.29 is 22.7 Å². The van der Waals surface area contributed by atoms with Crippen molar-refractivity contribution in [3.05, 3.63) is 30.1 Å². The van der Waals surface area contributed by atoms with Crippen LogP contribution in [0.2, 0.25) is 0 Å². The van der Waals surface area contributed by atoms with E-state index in [2.05, 4.69) is 0 Å². The Bertz CT molecular complexity index is 470. The highest BCUT2D eigenvalue weighted by Gasteiger charge is 2.15. The molecule has 0 saturated heterocycles. The molecular formula is C13H19FO4S. The normalized spacial score (nSPS) is 13.2. The molecule has 1 rings (SSSR count). The number of sulfone groups is 1. The summed E-state index contributed by atoms with van der Waals surface area (Å²) in [6.45, 7) is 1.82. The molecule has 19 heavy (non-hydrogen) atoms. The van der Waals surface area contributed by atoms with Crippen molar-refractivity contribution in [1.82, 2.24) is 0 Å². The lowest BCUT2D eigenvalue weighted by molar-refractivity contribution is 0.249. The van der Waals surface area contributed by atoms with Gasteiger partial charge in [0.25, 0.3) is 0 Å². The Balaban J connectivity index is 2.28. The fourth-order valence-electron chi connectivity index (χ4n) is 1.57. The van der Waals surface area contributed by atoms with Gasteiger partial charge in [0, 0.05) is 6.61 Å². The second-order valence-corrected chi connectivity index (χ2v) is 6.79. The minimum absolute atomic E-state index is 0.0138. The molecule has 0 radical (unpaired) electrons. The molecule has 0 aromatic heterocycles. The van der Waals surface area contributed by atoms with Gasteiger partial charge in [-0.3, -0.25) is 0 Å². The van der Waals surface area contributed by atoms with Crippen molar-refractivity contribution >= 4 is 9.84 Å². The van der Waals surface area contributed by atoms with Crippen LogP contribution in [0, 0.1) is 11.7 Å². The van der Waals surface area contributed by atoms with Gasteiger partial charge in [-0.05, 0) is 36.6 Å². The molecule has 0 heterocycles. The second-order valence-electron chi connectivity index (χ2n) is 4.56. The van der Waals surface area contributed by atoms with Crippen molar-refractivity contribution in [1.29, 1.82) is 0 Å². The summed E-state index contributed by atoms with van der Waals surface area (Å²) in [4.78, 5) is 0. The number of aliphatic hydroxyl groups is 1. The van der Waals surface area contributed by atoms with E-state index < -0.39 is 9.84 Å². The minimum Gasteiger partial charge on any atom is -0.494 e. The monoisotopic (exact) mass is 290 g/mol. The Hall–Kier alpha value is -1.14. The van der Waals surface area contributed by atoms with Gasteiger partial charge in [-0.15, -0.1) is 0 Å². The first-order valence-corrected chi connectivity index (χ1v) is 7.95. The molecule has 0 aliphatic rings. The second kappa shape index (κ2) is 7.45. The van der Waals surface area contributed by atoms with Crippen molar-refractivity contribution in [3.8, 4) is 5.75 Å². The zero-order valence-corrected chi connectivity index (χ0v) is 11.7. The maximum absolute atomic E-state index is 12.6. The molecule has 108 valence electrons. The summed E-state index contributed by atoms with van der Waals surface area (Å²) in [5, 5.41) is 8.82. The first kappa shape index (κ1) is 15.9. The minimum atomic E-state index is -3.15. The van der Waals surface area contributed by atoms with Crippen LogP contribution >= 0.6 is 0 Å². The molecule has 0 aliphatic heterocycles. The first-order valence-electron chi connectivity index (χ1n) is 6.12. The maximum atomic E-state index is 12.6. The summed E-state index contributed by atoms with van der Waals surface area (Å²) in [5.41, 5.74) is 0. The van der Waals surface area contributed by atoms with Crippen LogP contribution in [0.25, 0.3) is 0 Å². The molecule has 4 nitrogen and oxygen atoms in total. The number of hydrogen-bond donors (Lipinski definition) is 1. The van der Waals surface area contributed by atoms with Gasteiger partial charge in [0.05, 0.1) is 18.1 Å². The van der Waals surface area contributed by atoms with Gasteiger partial charge < -0.3 is 9.84 Å². The summed E-state index contributed by atoms with van der Waals surface area (Å²) < 4.78 is 41.2. The van der Waals surface area contributed by atoms with E-state index in [0.29, 0.717) is 12.2 Å². The summed E-state index contributed by atoms with van der Waals surface area (Å²) in [6, 6.07) is 5.57. The summed E-state index contributed by atoms with van der Waals surface area (Å²) in [7, 11) is -3.15. The molecule has 1 N–H and O–H groups in total. The third-order valence-corrected chi connectivity index (χ3v) is 4.52. The van der Waals surface area contributed by atoms with Crippen molar-refractivity contribution in [3.63, 3.8) is 0 Å². The molecule has 0 fully saturated rings. The standard InChI is InChI=1S/C13H19FO4S/c1-11(9-15)10-19(16,17)8-2-7-18-13-5-3-12(14)4-6-13/h3-6,11,15H,2,7-10H2,1H3. The highest BCUT2D eigenvalue weighted by Crippen LogP contribution is 2.11. The lowest BCUT2D eigenvalue weighted by Gasteiger charge is -2.09. The van der Waals surface area contributed by atoms with E-state index in [0.717, 1.165) is 0 Å². The lowest BCUT2D eigenvalue weighted by atomic mass is 10.2. The van der Waals surface area contributed by atoms with Gasteiger partial charge >= 0.3 is 0 Å². The summed E-state index contributed by atoms with van der Waals surface area (Å²) >= 11 is 0. The zero-order chi connectivity index (χ0) is 14.3. The first-order chi connectivity index (χ1) is 8.93. The Kier molecular flexibility index (Phi) is 6.24. The van der Waals surface area contributed by atoms with Gasteiger partial charge in [0.2, 0.25) is 0 Å². The van der Waals surface area contributed by atoms with Gasteiger partial charge in [0.15, 0.2) is 9.84 Å². The van der Waals surface area contributed by atoms with Gasteiger partial charge in [0.1, 0.15) is 11.6 Å². The van der Waals surface area contributed by atoms with Crippen molar-refractivity contribution in [2.24, 2.45) is 5.92 Å². The maximum Gasteiger partial charge on any atom is 0.150 e. The van der Waals surface area contributed by atoms with Crippen LogP contribution in [0.1, 0.15) is 13.3 Å². The van der Waals surface area contributed by atoms with Gasteiger partial charge in [-0.2, -0.15) is 0 Å². The Labute approximate surface area is 113 Å². The third-order valence-electron chi connectivity index (χ3n) is 2.53. The number of halogens is 1. The SMILES string of the molecule is CC(CO)CS(=O)(=O)CCCOc1ccc(F)cc1. The molecule has 0 saturated carbocycles. The largest absolute Gasteiger partial charge is 0.494 e. The van der Waals surface area contributed by atoms with E-state index in [-0.39, 0.29) is 36.5 Å². The average Bonchev–Trinajstić information content (AvgIpc) is 2.36. The molecule has 1 unspecified atom stereocenters. The Morgan fingerprint density at radius 2 is 1.95 bits per heavy atom. The molecule has 1 aromatic rings. The van der Waals surface area contributed by atoms with E-state index in [9.17, 15) is 12.8 Å². The predicted octanol–water partition coefficient (Wildman–Crippen LogP) is 1.64. The number of benzene rings is 1. The molecule has 0 spiro atoms. The molecule has 1 atom stereocenters. The Morgan fingerprint density at radius 3 is 2.53 bits per heavy atom. The van der Waals surface area contributed by atoms with Crippen molar-refractivity contribution in [2.75, 3.05) is 24.7 Å². The summed E-state index contributed by atoms with van der Waals surface area (Å²) in [6.07, 6.45) is 0.373. The molecule has 6 heteroatoms. The van der Waals surface area contributed by atoms with Gasteiger partial charge in [-0.25, -0.2) is 12.8 Å². The smallest absolute Gasteiger partial charge is 0.150 e. The summed E-state index contributed by atoms with van der Waals surface area (Å²) in [5.74, 6) is -0.0584. The van der Waals surface area contributed by atoms with E-state index in [1.807, 2.05) is 0 Å². The van der Waals surface area contributed by atoms with Crippen molar-refractivity contribution in [2.45, 2.75) is 13.3 Å². The van der Waals surface area contributed by atoms with Crippen LogP contribution in [0.4, 0.5) is 4.39 Å². The topological polar surface area (TPSA) is 63.6 Å². The van der Waals surface area contributed by atoms with Crippen LogP contribution in [0.3, 0.4) is 0 Å². The highest BCUT2D eigenvalue weighted by atomic mass is 32.2. The van der Waals surface area contributed by atoms with Crippen LogP contribution < -0.4 is 4.74 Å². The number of hydrogen-bond acceptors (Lipinski definition) is 4. The molecule has 0 bridgehead atoms. The van der Waals surface area contributed by atoms with Crippen LogP contribution in [-0.4, -0.2) is 38.2 Å². The molecule has 1 aromatic carbocycles. The van der Waals surface area contributed by atoms with E-state index in [4.69, 9.17) is 9.84 Å². The van der Waals surface area contributed by atoms with Crippen LogP contribution in [-0.2, 0) is 9.84 Å². The number of rotatable bonds is 8. The molecule has 0 amide bonds. The molecular weight excluding hydrogens is 271 g/mol. The fourth-order valence-corrected chi connectivity index (χ4v) is 3.27. The van der Waals surface area contributed by atoms with E-state index >= 15 is 0 Å². The Morgan fingerprint density at radius 1 is 1.32 bits per heavy atom. The quantitative estimate of drug-likeness (QED) is 0.739. The van der Waals surface area contributed by atoms with Crippen LogP contribution in [0.5, 0.6) is 5.75 Å². The van der Waals surface area contributed by atoms with E-state index in [1.165, 1.54) is 24.3 Å². The van der Waals surface area contributed by atoms with Crippen LogP contribution in [0.15, 0.2) is 24.3 Å². The van der Waals surface area contributed by atoms with Gasteiger partial charge in [-0.1, -0.05) is 6.92 Å². The third kappa shape index (κ3) is 6.54. The lowest BCUT2D eigenvalue weighted by Crippen LogP contribution is -2.20. The predicted molar refractivity (Wildman–Crippen MR) is 71.4 cm³/mol.